The second-order valence-corrected chi connectivity index (χ2v) is 7.85. The first-order valence-electron chi connectivity index (χ1n) is 9.77. The molecule has 8 heteroatoms. The molecule has 1 saturated carbocycles. The van der Waals surface area contributed by atoms with Gasteiger partial charge in [0.05, 0.1) is 35.6 Å². The highest BCUT2D eigenvalue weighted by Crippen LogP contribution is 2.43. The average molecular weight is 380 g/mol. The SMILES string of the molecule is COC1CC1C(=O)N1C2C=C(c3ccnc(Nc4cnn(C)c4)n3)CC1CC2. The molecule has 4 heterocycles. The number of methoxy groups -OCH3 is 1. The predicted octanol–water partition coefficient (Wildman–Crippen LogP) is 2.14. The number of hydrogen-bond acceptors (Lipinski definition) is 6. The number of aromatic nitrogens is 4. The van der Waals surface area contributed by atoms with Crippen LogP contribution in [0.3, 0.4) is 0 Å². The Morgan fingerprint density at radius 2 is 2.25 bits per heavy atom. The molecule has 1 aliphatic carbocycles. The third-order valence-electron chi connectivity index (χ3n) is 5.95. The molecule has 2 aromatic heterocycles. The second kappa shape index (κ2) is 6.70. The largest absolute Gasteiger partial charge is 0.381 e. The van der Waals surface area contributed by atoms with Crippen molar-refractivity contribution in [3.8, 4) is 0 Å². The number of nitrogens with one attached hydrogen (secondary N) is 1. The molecule has 5 rings (SSSR count). The summed E-state index contributed by atoms with van der Waals surface area (Å²) >= 11 is 0. The number of amides is 1. The smallest absolute Gasteiger partial charge is 0.229 e. The Labute approximate surface area is 163 Å². The molecule has 1 amide bonds. The van der Waals surface area contributed by atoms with Crippen LogP contribution in [0.4, 0.5) is 11.6 Å². The van der Waals surface area contributed by atoms with Crippen molar-refractivity contribution in [2.45, 2.75) is 43.9 Å². The summed E-state index contributed by atoms with van der Waals surface area (Å²) < 4.78 is 7.07. The van der Waals surface area contributed by atoms with Gasteiger partial charge >= 0.3 is 0 Å². The molecule has 0 radical (unpaired) electrons. The summed E-state index contributed by atoms with van der Waals surface area (Å²) in [7, 11) is 3.56. The highest BCUT2D eigenvalue weighted by atomic mass is 16.5. The van der Waals surface area contributed by atoms with E-state index in [1.54, 1.807) is 24.2 Å². The minimum atomic E-state index is 0.0531. The van der Waals surface area contributed by atoms with Crippen LogP contribution < -0.4 is 5.32 Å². The van der Waals surface area contributed by atoms with E-state index in [1.807, 2.05) is 19.3 Å². The number of carbonyl (C=O) groups excluding carboxylic acids is 1. The van der Waals surface area contributed by atoms with Gasteiger partial charge in [-0.2, -0.15) is 5.10 Å². The minimum Gasteiger partial charge on any atom is -0.381 e. The van der Waals surface area contributed by atoms with Gasteiger partial charge in [-0.1, -0.05) is 6.08 Å². The van der Waals surface area contributed by atoms with Crippen molar-refractivity contribution in [3.05, 3.63) is 36.4 Å². The topological polar surface area (TPSA) is 85.2 Å². The van der Waals surface area contributed by atoms with Crippen LogP contribution in [0, 0.1) is 5.92 Å². The number of aryl methyl sites for hydroxylation is 1. The van der Waals surface area contributed by atoms with Crippen LogP contribution in [-0.4, -0.2) is 55.9 Å². The Morgan fingerprint density at radius 1 is 1.36 bits per heavy atom. The van der Waals surface area contributed by atoms with Gasteiger partial charge < -0.3 is 15.0 Å². The molecule has 0 aromatic carbocycles. The molecule has 146 valence electrons. The van der Waals surface area contributed by atoms with E-state index in [0.717, 1.165) is 37.1 Å². The van der Waals surface area contributed by atoms with Crippen molar-refractivity contribution in [2.75, 3.05) is 12.4 Å². The van der Waals surface area contributed by atoms with Gasteiger partial charge in [-0.3, -0.25) is 9.48 Å². The van der Waals surface area contributed by atoms with E-state index in [4.69, 9.17) is 4.74 Å². The second-order valence-electron chi connectivity index (χ2n) is 7.85. The maximum Gasteiger partial charge on any atom is 0.229 e. The van der Waals surface area contributed by atoms with E-state index in [-0.39, 0.29) is 30.0 Å². The van der Waals surface area contributed by atoms with Gasteiger partial charge in [0.25, 0.3) is 0 Å². The molecule has 4 atom stereocenters. The molecule has 2 fully saturated rings. The maximum atomic E-state index is 12.9. The lowest BCUT2D eigenvalue weighted by atomic mass is 9.98. The van der Waals surface area contributed by atoms with E-state index >= 15 is 0 Å². The molecule has 1 saturated heterocycles. The van der Waals surface area contributed by atoms with Crippen LogP contribution >= 0.6 is 0 Å². The van der Waals surface area contributed by atoms with Crippen molar-refractivity contribution in [3.63, 3.8) is 0 Å². The molecule has 1 N–H and O–H groups in total. The van der Waals surface area contributed by atoms with Crippen LogP contribution in [0.5, 0.6) is 0 Å². The Bertz CT molecular complexity index is 938. The Balaban J connectivity index is 1.34. The van der Waals surface area contributed by atoms with Crippen molar-refractivity contribution in [1.82, 2.24) is 24.6 Å². The maximum absolute atomic E-state index is 12.9. The quantitative estimate of drug-likeness (QED) is 0.855. The number of fused-ring (bicyclic) bond motifs is 2. The molecule has 28 heavy (non-hydrogen) atoms. The summed E-state index contributed by atoms with van der Waals surface area (Å²) in [6.45, 7) is 0. The van der Waals surface area contributed by atoms with E-state index < -0.39 is 0 Å². The van der Waals surface area contributed by atoms with Crippen LogP contribution in [-0.2, 0) is 16.6 Å². The molecule has 4 unspecified atom stereocenters. The summed E-state index contributed by atoms with van der Waals surface area (Å²) in [4.78, 5) is 24.0. The van der Waals surface area contributed by atoms with Gasteiger partial charge in [-0.15, -0.1) is 0 Å². The van der Waals surface area contributed by atoms with Gasteiger partial charge in [0.1, 0.15) is 0 Å². The number of ether oxygens (including phenoxy) is 1. The van der Waals surface area contributed by atoms with Crippen molar-refractivity contribution in [1.29, 1.82) is 0 Å². The standard InChI is InChI=1S/C20H24N6O2/c1-25-11-13(10-22-25)23-20-21-6-5-17(24-20)12-7-14-3-4-15(8-12)26(14)19(27)16-9-18(16)28-2/h5-7,10-11,14-16,18H,3-4,8-9H2,1-2H3,(H,21,23,24). The normalized spacial score (nSPS) is 28.2. The third kappa shape index (κ3) is 3.07. The average Bonchev–Trinajstić information content (AvgIpc) is 3.32. The highest BCUT2D eigenvalue weighted by molar-refractivity contribution is 5.84. The van der Waals surface area contributed by atoms with Gasteiger partial charge in [-0.05, 0) is 37.3 Å². The van der Waals surface area contributed by atoms with Gasteiger partial charge in [0.2, 0.25) is 11.9 Å². The fraction of sp³-hybridized carbons (Fsp3) is 0.500. The predicted molar refractivity (Wildman–Crippen MR) is 104 cm³/mol. The summed E-state index contributed by atoms with van der Waals surface area (Å²) in [5.74, 6) is 0.867. The lowest BCUT2D eigenvalue weighted by Gasteiger charge is -2.34. The number of rotatable bonds is 5. The molecule has 2 aromatic rings. The van der Waals surface area contributed by atoms with E-state index in [0.29, 0.717) is 5.95 Å². The lowest BCUT2D eigenvalue weighted by molar-refractivity contribution is -0.135. The number of nitrogens with zero attached hydrogens (tertiary/aromatic N) is 5. The zero-order chi connectivity index (χ0) is 19.3. The highest BCUT2D eigenvalue weighted by Gasteiger charge is 2.50. The molecule has 2 bridgehead atoms. The number of anilines is 2. The molecular weight excluding hydrogens is 356 g/mol. The number of carbonyl (C=O) groups is 1. The summed E-state index contributed by atoms with van der Waals surface area (Å²) in [6.07, 6.45) is 11.5. The van der Waals surface area contributed by atoms with Crippen LogP contribution in [0.25, 0.3) is 5.57 Å². The zero-order valence-corrected chi connectivity index (χ0v) is 16.1. The first-order chi connectivity index (χ1) is 13.6. The number of hydrogen-bond donors (Lipinski definition) is 1. The van der Waals surface area contributed by atoms with Gasteiger partial charge in [0.15, 0.2) is 0 Å². The van der Waals surface area contributed by atoms with Crippen molar-refractivity contribution in [2.24, 2.45) is 13.0 Å². The van der Waals surface area contributed by atoms with E-state index in [2.05, 4.69) is 31.4 Å². The molecule has 8 nitrogen and oxygen atoms in total. The monoisotopic (exact) mass is 380 g/mol. The van der Waals surface area contributed by atoms with Crippen LogP contribution in [0.1, 0.15) is 31.4 Å². The molecule has 3 aliphatic rings. The van der Waals surface area contributed by atoms with Crippen LogP contribution in [0.15, 0.2) is 30.7 Å². The minimum absolute atomic E-state index is 0.0531. The first-order valence-corrected chi connectivity index (χ1v) is 9.77. The molecule has 2 aliphatic heterocycles. The Morgan fingerprint density at radius 3 is 2.96 bits per heavy atom. The summed E-state index contributed by atoms with van der Waals surface area (Å²) in [5.41, 5.74) is 2.98. The van der Waals surface area contributed by atoms with Crippen molar-refractivity contribution < 1.29 is 9.53 Å². The lowest BCUT2D eigenvalue weighted by Crippen LogP contribution is -2.44. The first kappa shape index (κ1) is 17.4. The Kier molecular flexibility index (Phi) is 4.16. The van der Waals surface area contributed by atoms with Crippen LogP contribution in [0.2, 0.25) is 0 Å². The fourth-order valence-corrected chi connectivity index (χ4v) is 4.46. The molecule has 0 spiro atoms. The zero-order valence-electron chi connectivity index (χ0n) is 16.1. The summed E-state index contributed by atoms with van der Waals surface area (Å²) in [5, 5.41) is 7.34. The summed E-state index contributed by atoms with van der Waals surface area (Å²) in [6, 6.07) is 2.38. The van der Waals surface area contributed by atoms with Gasteiger partial charge in [-0.25, -0.2) is 9.97 Å². The van der Waals surface area contributed by atoms with E-state index in [9.17, 15) is 4.79 Å². The third-order valence-corrected chi connectivity index (χ3v) is 5.95. The molecular formula is C20H24N6O2. The Hall–Kier alpha value is -2.74. The van der Waals surface area contributed by atoms with E-state index in [1.165, 1.54) is 5.57 Å². The fourth-order valence-electron chi connectivity index (χ4n) is 4.46. The van der Waals surface area contributed by atoms with Gasteiger partial charge in [0, 0.05) is 32.6 Å². The van der Waals surface area contributed by atoms with Crippen molar-refractivity contribution >= 4 is 23.1 Å².